The van der Waals surface area contributed by atoms with Gasteiger partial charge in [-0.25, -0.2) is 9.13 Å². The molecule has 0 bridgehead atoms. The molecule has 0 saturated carbocycles. The number of hydrogen-bond acceptors (Lipinski definition) is 15. The molecule has 0 radical (unpaired) electrons. The molecule has 0 aromatic rings. The number of carbonyl (C=O) groups is 4. The second-order valence-electron chi connectivity index (χ2n) is 26.3. The van der Waals surface area contributed by atoms with E-state index in [1.54, 1.807) is 0 Å². The summed E-state index contributed by atoms with van der Waals surface area (Å²) >= 11 is 0. The van der Waals surface area contributed by atoms with Crippen molar-refractivity contribution in [3.05, 3.63) is 0 Å². The predicted molar refractivity (Wildman–Crippen MR) is 363 cm³/mol. The molecule has 0 spiro atoms. The van der Waals surface area contributed by atoms with Crippen molar-refractivity contribution < 1.29 is 80.2 Å². The van der Waals surface area contributed by atoms with Crippen LogP contribution in [-0.2, 0) is 65.4 Å². The maximum Gasteiger partial charge on any atom is 0.472 e. The van der Waals surface area contributed by atoms with E-state index in [2.05, 4.69) is 41.5 Å². The van der Waals surface area contributed by atoms with E-state index in [1.807, 2.05) is 0 Å². The zero-order valence-electron chi connectivity index (χ0n) is 58.4. The highest BCUT2D eigenvalue weighted by Crippen LogP contribution is 2.45. The van der Waals surface area contributed by atoms with Gasteiger partial charge in [-0.2, -0.15) is 0 Å². The summed E-state index contributed by atoms with van der Waals surface area (Å²) in [6.07, 6.45) is 48.9. The van der Waals surface area contributed by atoms with Crippen LogP contribution in [0.25, 0.3) is 0 Å². The number of phosphoric acid groups is 2. The summed E-state index contributed by atoms with van der Waals surface area (Å²) in [6, 6.07) is 0. The third kappa shape index (κ3) is 63.5. The normalized spacial score (nSPS) is 14.4. The lowest BCUT2D eigenvalue weighted by atomic mass is 9.99. The van der Waals surface area contributed by atoms with Gasteiger partial charge in [0.15, 0.2) is 12.2 Å². The van der Waals surface area contributed by atoms with Crippen molar-refractivity contribution in [2.45, 2.75) is 381 Å². The van der Waals surface area contributed by atoms with Crippen LogP contribution in [0.1, 0.15) is 363 Å². The Hall–Kier alpha value is -1.94. The van der Waals surface area contributed by atoms with Crippen LogP contribution >= 0.6 is 15.6 Å². The van der Waals surface area contributed by atoms with Crippen molar-refractivity contribution in [1.29, 1.82) is 0 Å². The van der Waals surface area contributed by atoms with Gasteiger partial charge in [0.1, 0.15) is 19.3 Å². The first-order chi connectivity index (χ1) is 43.4. The SMILES string of the molecule is CCCCCCCCCCCCC(=O)O[C@H](COC(=O)CCCCCCC)COP(=O)(O)OC[C@H](O)COP(=O)(O)OC[C@@H](COC(=O)CCCCCCCCCCCCCCCCC(C)C)OC(=O)CCCCCCCCCCCCCCCCC(C)CC. The molecule has 0 heterocycles. The molecule has 19 heteroatoms. The van der Waals surface area contributed by atoms with E-state index in [4.69, 9.17) is 37.0 Å². The van der Waals surface area contributed by atoms with Gasteiger partial charge in [0.2, 0.25) is 0 Å². The van der Waals surface area contributed by atoms with Crippen molar-refractivity contribution in [3.8, 4) is 0 Å². The molecule has 0 fully saturated rings. The van der Waals surface area contributed by atoms with Crippen molar-refractivity contribution in [3.63, 3.8) is 0 Å². The van der Waals surface area contributed by atoms with Gasteiger partial charge in [0.25, 0.3) is 0 Å². The molecular formula is C71H138O17P2. The lowest BCUT2D eigenvalue weighted by Crippen LogP contribution is -2.30. The molecule has 6 atom stereocenters. The molecule has 0 aliphatic heterocycles. The average molecular weight is 1330 g/mol. The van der Waals surface area contributed by atoms with Crippen LogP contribution in [0.5, 0.6) is 0 Å². The Morgan fingerprint density at radius 3 is 0.844 bits per heavy atom. The Kier molecular flexibility index (Phi) is 61.8. The number of hydrogen-bond donors (Lipinski definition) is 3. The average Bonchev–Trinajstić information content (AvgIpc) is 2.91. The molecule has 0 aromatic heterocycles. The molecule has 17 nitrogen and oxygen atoms in total. The minimum absolute atomic E-state index is 0.105. The number of esters is 4. The zero-order chi connectivity index (χ0) is 66.5. The van der Waals surface area contributed by atoms with Crippen LogP contribution < -0.4 is 0 Å². The van der Waals surface area contributed by atoms with Crippen molar-refractivity contribution in [2.75, 3.05) is 39.6 Å². The molecular weight excluding hydrogens is 1190 g/mol. The highest BCUT2D eigenvalue weighted by atomic mass is 31.2. The lowest BCUT2D eigenvalue weighted by Gasteiger charge is -2.21. The molecule has 534 valence electrons. The Labute approximate surface area is 549 Å². The first-order valence-electron chi connectivity index (χ1n) is 37.0. The molecule has 0 saturated heterocycles. The fourth-order valence-electron chi connectivity index (χ4n) is 10.7. The van der Waals surface area contributed by atoms with Gasteiger partial charge in [0, 0.05) is 25.7 Å². The second-order valence-corrected chi connectivity index (χ2v) is 29.3. The van der Waals surface area contributed by atoms with Crippen LogP contribution in [0, 0.1) is 11.8 Å². The highest BCUT2D eigenvalue weighted by molar-refractivity contribution is 7.47. The Morgan fingerprint density at radius 2 is 0.567 bits per heavy atom. The van der Waals surface area contributed by atoms with Crippen LogP contribution in [0.4, 0.5) is 0 Å². The van der Waals surface area contributed by atoms with Crippen LogP contribution in [0.15, 0.2) is 0 Å². The number of aliphatic hydroxyl groups excluding tert-OH is 1. The van der Waals surface area contributed by atoms with E-state index in [0.717, 1.165) is 108 Å². The molecule has 0 rings (SSSR count). The molecule has 3 N–H and O–H groups in total. The van der Waals surface area contributed by atoms with Crippen LogP contribution in [-0.4, -0.2) is 96.7 Å². The van der Waals surface area contributed by atoms with Gasteiger partial charge >= 0.3 is 39.5 Å². The van der Waals surface area contributed by atoms with E-state index in [-0.39, 0.29) is 25.7 Å². The summed E-state index contributed by atoms with van der Waals surface area (Å²) in [5.41, 5.74) is 0. The van der Waals surface area contributed by atoms with Gasteiger partial charge in [-0.1, -0.05) is 311 Å². The largest absolute Gasteiger partial charge is 0.472 e. The van der Waals surface area contributed by atoms with Crippen molar-refractivity contribution in [1.82, 2.24) is 0 Å². The molecule has 0 aliphatic carbocycles. The second kappa shape index (κ2) is 63.1. The first kappa shape index (κ1) is 88.1. The van der Waals surface area contributed by atoms with Gasteiger partial charge in [0.05, 0.1) is 26.4 Å². The smallest absolute Gasteiger partial charge is 0.462 e. The third-order valence-corrected chi connectivity index (χ3v) is 18.7. The van der Waals surface area contributed by atoms with E-state index in [1.165, 1.54) is 173 Å². The first-order valence-corrected chi connectivity index (χ1v) is 40.0. The predicted octanol–water partition coefficient (Wildman–Crippen LogP) is 20.4. The summed E-state index contributed by atoms with van der Waals surface area (Å²) in [6.45, 7) is 9.54. The third-order valence-electron chi connectivity index (χ3n) is 16.8. The molecule has 0 aromatic carbocycles. The fraction of sp³-hybridized carbons (Fsp3) is 0.944. The summed E-state index contributed by atoms with van der Waals surface area (Å²) < 4.78 is 68.1. The van der Waals surface area contributed by atoms with Gasteiger partial charge in [-0.15, -0.1) is 0 Å². The summed E-state index contributed by atoms with van der Waals surface area (Å²) in [4.78, 5) is 72.3. The summed E-state index contributed by atoms with van der Waals surface area (Å²) in [7, 11) is -9.89. The number of phosphoric ester groups is 2. The molecule has 90 heavy (non-hydrogen) atoms. The molecule has 3 unspecified atom stereocenters. The van der Waals surface area contributed by atoms with Crippen LogP contribution in [0.2, 0.25) is 0 Å². The number of ether oxygens (including phenoxy) is 4. The minimum atomic E-state index is -4.95. The monoisotopic (exact) mass is 1320 g/mol. The van der Waals surface area contributed by atoms with E-state index in [9.17, 15) is 43.2 Å². The van der Waals surface area contributed by atoms with Crippen molar-refractivity contribution in [2.24, 2.45) is 11.8 Å². The number of aliphatic hydroxyl groups is 1. The summed E-state index contributed by atoms with van der Waals surface area (Å²) in [5.74, 6) is -0.489. The minimum Gasteiger partial charge on any atom is -0.462 e. The van der Waals surface area contributed by atoms with Crippen LogP contribution in [0.3, 0.4) is 0 Å². The number of unbranched alkanes of at least 4 members (excludes halogenated alkanes) is 39. The number of rotatable bonds is 70. The standard InChI is InChI=1S/C71H138O17P2/c1-7-10-12-14-15-16-31-37-43-49-55-70(75)87-66(59-81-68(73)53-47-39-13-11-8-2)61-85-89(77,78)83-57-65(72)58-84-90(79,80)86-62-67(60-82-69(74)54-48-42-36-32-27-23-19-17-21-25-29-34-40-45-51-63(4)5)88-71(76)56-50-44-38-33-28-24-20-18-22-26-30-35-41-46-52-64(6)9-3/h63-67,72H,7-62H2,1-6H3,(H,77,78)(H,79,80)/t64?,65-,66+,67+/m0/s1. The topological polar surface area (TPSA) is 237 Å². The fourth-order valence-corrected chi connectivity index (χ4v) is 12.3. The van der Waals surface area contributed by atoms with Gasteiger partial charge < -0.3 is 33.8 Å². The summed E-state index contributed by atoms with van der Waals surface area (Å²) in [5, 5.41) is 10.6. The Balaban J connectivity index is 5.15. The van der Waals surface area contributed by atoms with E-state index < -0.39 is 97.5 Å². The van der Waals surface area contributed by atoms with E-state index in [0.29, 0.717) is 25.7 Å². The molecule has 0 amide bonds. The highest BCUT2D eigenvalue weighted by Gasteiger charge is 2.30. The molecule has 0 aliphatic rings. The maximum atomic E-state index is 13.0. The van der Waals surface area contributed by atoms with Crippen molar-refractivity contribution >= 4 is 39.5 Å². The Morgan fingerprint density at radius 1 is 0.322 bits per heavy atom. The quantitative estimate of drug-likeness (QED) is 0.0222. The zero-order valence-corrected chi connectivity index (χ0v) is 60.2. The lowest BCUT2D eigenvalue weighted by molar-refractivity contribution is -0.161. The Bertz CT molecular complexity index is 1750. The number of carbonyl (C=O) groups excluding carboxylic acids is 4. The maximum absolute atomic E-state index is 13.0. The van der Waals surface area contributed by atoms with Gasteiger partial charge in [-0.3, -0.25) is 37.3 Å². The van der Waals surface area contributed by atoms with Gasteiger partial charge in [-0.05, 0) is 37.5 Å². The van der Waals surface area contributed by atoms with E-state index >= 15 is 0 Å².